The second kappa shape index (κ2) is 5.03. The minimum atomic E-state index is -2.36. The van der Waals surface area contributed by atoms with Crippen molar-refractivity contribution in [2.75, 3.05) is 13.2 Å². The van der Waals surface area contributed by atoms with Crippen molar-refractivity contribution in [3.8, 4) is 0 Å². The molecule has 0 aromatic carbocycles. The summed E-state index contributed by atoms with van der Waals surface area (Å²) in [6, 6.07) is 0. The van der Waals surface area contributed by atoms with Gasteiger partial charge in [-0.1, -0.05) is 33.1 Å². The molecule has 3 rings (SSSR count). The molecule has 0 aliphatic carbocycles. The maximum absolute atomic E-state index is 5.91. The summed E-state index contributed by atoms with van der Waals surface area (Å²) in [6.07, 6.45) is 6.01. The maximum Gasteiger partial charge on any atom is 0.327 e. The first-order chi connectivity index (χ1) is 7.64. The second-order valence-electron chi connectivity index (χ2n) is 4.84. The van der Waals surface area contributed by atoms with Crippen LogP contribution < -0.4 is 0 Å². The molecule has 5 heteroatoms. The maximum atomic E-state index is 5.91. The molecule has 16 heavy (non-hydrogen) atoms. The van der Waals surface area contributed by atoms with Gasteiger partial charge in [-0.2, -0.15) is 0 Å². The first-order valence-corrected chi connectivity index (χ1v) is 8.77. The van der Waals surface area contributed by atoms with E-state index in [1.165, 1.54) is 12.8 Å². The van der Waals surface area contributed by atoms with Crippen LogP contribution in [0.1, 0.15) is 46.0 Å². The van der Waals surface area contributed by atoms with E-state index in [4.69, 9.17) is 25.4 Å². The van der Waals surface area contributed by atoms with Crippen LogP contribution in [-0.4, -0.2) is 19.3 Å². The molecule has 3 aliphatic rings. The number of hydrogen-bond donors (Lipinski definition) is 0. The van der Waals surface area contributed by atoms with E-state index < -0.39 is 6.72 Å². The van der Waals surface area contributed by atoms with Gasteiger partial charge >= 0.3 is 6.72 Å². The van der Waals surface area contributed by atoms with E-state index in [1.807, 2.05) is 0 Å². The molecule has 0 N–H and O–H groups in total. The summed E-state index contributed by atoms with van der Waals surface area (Å²) in [5.74, 6) is 0. The van der Waals surface area contributed by atoms with E-state index in [2.05, 4.69) is 13.8 Å². The summed E-state index contributed by atoms with van der Waals surface area (Å²) in [5, 5.41) is 0. The fraction of sp³-hybridized carbons (Fsp3) is 1.00. The SMILES string of the molecule is CCCCC1OP2(=S)OCC1(CCC)CO2. The average Bonchev–Trinajstić information content (AvgIpc) is 2.28. The van der Waals surface area contributed by atoms with Gasteiger partial charge in [0.15, 0.2) is 0 Å². The van der Waals surface area contributed by atoms with Crippen molar-refractivity contribution in [3.63, 3.8) is 0 Å². The Morgan fingerprint density at radius 2 is 1.94 bits per heavy atom. The predicted octanol–water partition coefficient (Wildman–Crippen LogP) is 3.63. The molecule has 94 valence electrons. The minimum Gasteiger partial charge on any atom is -0.308 e. The highest BCUT2D eigenvalue weighted by molar-refractivity contribution is 8.07. The smallest absolute Gasteiger partial charge is 0.308 e. The van der Waals surface area contributed by atoms with Crippen LogP contribution >= 0.6 is 6.72 Å². The summed E-state index contributed by atoms with van der Waals surface area (Å²) >= 11 is 5.30. The Labute approximate surface area is 103 Å². The van der Waals surface area contributed by atoms with Crippen LogP contribution in [0, 0.1) is 5.41 Å². The Bertz CT molecular complexity index is 283. The van der Waals surface area contributed by atoms with Gasteiger partial charge in [-0.15, -0.1) is 0 Å². The van der Waals surface area contributed by atoms with Gasteiger partial charge < -0.3 is 13.6 Å². The summed E-state index contributed by atoms with van der Waals surface area (Å²) in [7, 11) is 0. The highest BCUT2D eigenvalue weighted by Gasteiger charge is 2.53. The molecule has 0 saturated carbocycles. The molecule has 2 bridgehead atoms. The van der Waals surface area contributed by atoms with E-state index >= 15 is 0 Å². The lowest BCUT2D eigenvalue weighted by Crippen LogP contribution is -2.51. The summed E-state index contributed by atoms with van der Waals surface area (Å²) < 4.78 is 17.1. The Hall–Kier alpha value is 0.530. The molecule has 0 amide bonds. The Kier molecular flexibility index (Phi) is 4.08. The number of rotatable bonds is 5. The molecule has 3 fully saturated rings. The zero-order valence-corrected chi connectivity index (χ0v) is 11.8. The summed E-state index contributed by atoms with van der Waals surface area (Å²) in [4.78, 5) is 0. The molecular formula is C11H21O3PS. The van der Waals surface area contributed by atoms with Crippen molar-refractivity contribution >= 4 is 18.5 Å². The lowest BCUT2D eigenvalue weighted by Gasteiger charge is -2.51. The standard InChI is InChI=1S/C11H21O3PS/c1-3-5-6-10-11(7-4-2)8-12-15(16,14-10)13-9-11/h10H,3-9H2,1-2H3. The van der Waals surface area contributed by atoms with E-state index in [0.29, 0.717) is 0 Å². The van der Waals surface area contributed by atoms with E-state index in [1.54, 1.807) is 0 Å². The van der Waals surface area contributed by atoms with Crippen LogP contribution in [-0.2, 0) is 25.4 Å². The van der Waals surface area contributed by atoms with Gasteiger partial charge in [-0.3, -0.25) is 0 Å². The summed E-state index contributed by atoms with van der Waals surface area (Å²) in [6.45, 7) is 3.53. The minimum absolute atomic E-state index is 0.0739. The van der Waals surface area contributed by atoms with Crippen molar-refractivity contribution in [1.82, 2.24) is 0 Å². The zero-order valence-electron chi connectivity index (χ0n) is 10.1. The van der Waals surface area contributed by atoms with Crippen LogP contribution in [0.15, 0.2) is 0 Å². The van der Waals surface area contributed by atoms with Crippen molar-refractivity contribution in [2.24, 2.45) is 5.41 Å². The quantitative estimate of drug-likeness (QED) is 0.709. The molecule has 0 aromatic rings. The van der Waals surface area contributed by atoms with E-state index in [9.17, 15) is 0 Å². The second-order valence-corrected chi connectivity index (χ2v) is 7.81. The lowest BCUT2D eigenvalue weighted by molar-refractivity contribution is -0.130. The molecule has 0 aromatic heterocycles. The van der Waals surface area contributed by atoms with Gasteiger partial charge in [0.2, 0.25) is 0 Å². The van der Waals surface area contributed by atoms with Crippen molar-refractivity contribution in [3.05, 3.63) is 0 Å². The van der Waals surface area contributed by atoms with Crippen molar-refractivity contribution < 1.29 is 13.6 Å². The van der Waals surface area contributed by atoms with E-state index in [-0.39, 0.29) is 11.5 Å². The van der Waals surface area contributed by atoms with Crippen molar-refractivity contribution in [1.29, 1.82) is 0 Å². The van der Waals surface area contributed by atoms with Crippen LogP contribution in [0.5, 0.6) is 0 Å². The molecule has 3 nitrogen and oxygen atoms in total. The van der Waals surface area contributed by atoms with Crippen LogP contribution in [0.2, 0.25) is 0 Å². The molecule has 1 unspecified atom stereocenters. The fourth-order valence-electron chi connectivity index (χ4n) is 2.56. The first kappa shape index (κ1) is 13.0. The third-order valence-corrected chi connectivity index (χ3v) is 5.82. The molecular weight excluding hydrogens is 243 g/mol. The zero-order chi connectivity index (χ0) is 11.6. The summed E-state index contributed by atoms with van der Waals surface area (Å²) in [5.41, 5.74) is 0.0739. The third kappa shape index (κ3) is 2.37. The van der Waals surface area contributed by atoms with Gasteiger partial charge in [0.25, 0.3) is 0 Å². The highest BCUT2D eigenvalue weighted by Crippen LogP contribution is 2.64. The van der Waals surface area contributed by atoms with Crippen LogP contribution in [0.25, 0.3) is 0 Å². The van der Waals surface area contributed by atoms with Gasteiger partial charge in [0.05, 0.1) is 19.3 Å². The fourth-order valence-corrected chi connectivity index (χ4v) is 4.86. The Morgan fingerprint density at radius 1 is 1.25 bits per heavy atom. The van der Waals surface area contributed by atoms with E-state index in [0.717, 1.165) is 32.5 Å². The van der Waals surface area contributed by atoms with Gasteiger partial charge in [0, 0.05) is 5.41 Å². The van der Waals surface area contributed by atoms with Gasteiger partial charge in [0.1, 0.15) is 0 Å². The number of unbranched alkanes of at least 4 members (excludes halogenated alkanes) is 1. The Balaban J connectivity index is 2.10. The average molecular weight is 264 g/mol. The van der Waals surface area contributed by atoms with Crippen LogP contribution in [0.4, 0.5) is 0 Å². The predicted molar refractivity (Wildman–Crippen MR) is 67.9 cm³/mol. The van der Waals surface area contributed by atoms with Crippen LogP contribution in [0.3, 0.4) is 0 Å². The topological polar surface area (TPSA) is 27.7 Å². The van der Waals surface area contributed by atoms with Crippen molar-refractivity contribution in [2.45, 2.75) is 52.1 Å². The lowest BCUT2D eigenvalue weighted by atomic mass is 9.77. The molecule has 0 radical (unpaired) electrons. The monoisotopic (exact) mass is 264 g/mol. The molecule has 3 saturated heterocycles. The highest BCUT2D eigenvalue weighted by atomic mass is 32.5. The molecule has 3 heterocycles. The first-order valence-electron chi connectivity index (χ1n) is 6.22. The van der Waals surface area contributed by atoms with Gasteiger partial charge in [-0.05, 0) is 24.6 Å². The number of fused-ring (bicyclic) bond motifs is 3. The molecule has 0 spiro atoms. The largest absolute Gasteiger partial charge is 0.327 e. The normalized spacial score (nSPS) is 42.5. The Morgan fingerprint density at radius 3 is 2.50 bits per heavy atom. The molecule has 3 aliphatic heterocycles. The van der Waals surface area contributed by atoms with Gasteiger partial charge in [-0.25, -0.2) is 0 Å². The molecule has 1 atom stereocenters. The third-order valence-electron chi connectivity index (χ3n) is 3.53. The number of hydrogen-bond acceptors (Lipinski definition) is 4.